The summed E-state index contributed by atoms with van der Waals surface area (Å²) in [7, 11) is 1.60. The van der Waals surface area contributed by atoms with Crippen LogP contribution in [0.5, 0.6) is 0 Å². The maximum Gasteiger partial charge on any atom is 0.247 e. The molecule has 1 aliphatic heterocycles. The monoisotopic (exact) mass is 622 g/mol. The van der Waals surface area contributed by atoms with Crippen molar-refractivity contribution in [3.05, 3.63) is 94.0 Å². The second kappa shape index (κ2) is 12.6. The van der Waals surface area contributed by atoms with Gasteiger partial charge in [0.1, 0.15) is 24.9 Å². The van der Waals surface area contributed by atoms with Gasteiger partial charge in [-0.1, -0.05) is 40.5 Å². The molecule has 3 N–H and O–H groups in total. The van der Waals surface area contributed by atoms with Crippen molar-refractivity contribution in [3.8, 4) is 5.69 Å². The molecule has 11 nitrogen and oxygen atoms in total. The molecule has 1 fully saturated rings. The van der Waals surface area contributed by atoms with E-state index in [1.807, 2.05) is 0 Å². The van der Waals surface area contributed by atoms with Crippen LogP contribution in [0.2, 0.25) is 10.2 Å². The molecule has 5 rings (SSSR count). The molecule has 3 aromatic carbocycles. The van der Waals surface area contributed by atoms with E-state index in [2.05, 4.69) is 20.6 Å². The van der Waals surface area contributed by atoms with Crippen molar-refractivity contribution in [3.63, 3.8) is 0 Å². The maximum atomic E-state index is 13.7. The lowest BCUT2D eigenvalue weighted by molar-refractivity contribution is -0.143. The lowest BCUT2D eigenvalue weighted by Gasteiger charge is -2.38. The Morgan fingerprint density at radius 3 is 2.53 bits per heavy atom. The Balaban J connectivity index is 1.45. The summed E-state index contributed by atoms with van der Waals surface area (Å²) >= 11 is 12.2. The van der Waals surface area contributed by atoms with Gasteiger partial charge in [0.25, 0.3) is 0 Å². The third-order valence-electron chi connectivity index (χ3n) is 6.80. The first-order chi connectivity index (χ1) is 20.6. The first-order valence-corrected chi connectivity index (χ1v) is 13.7. The summed E-state index contributed by atoms with van der Waals surface area (Å²) in [6, 6.07) is 14.2. The quantitative estimate of drug-likeness (QED) is 0.226. The molecule has 3 amide bonds. The third-order valence-corrected chi connectivity index (χ3v) is 7.21. The number of rotatable bonds is 8. The number of hydrogen-bond donors (Lipinski definition) is 2. The van der Waals surface area contributed by atoms with E-state index in [-0.39, 0.29) is 18.1 Å². The van der Waals surface area contributed by atoms with Crippen LogP contribution in [0.15, 0.2) is 71.9 Å². The highest BCUT2D eigenvalue weighted by molar-refractivity contribution is 6.31. The van der Waals surface area contributed by atoms with Gasteiger partial charge in [-0.3, -0.25) is 24.3 Å². The van der Waals surface area contributed by atoms with Crippen molar-refractivity contribution >= 4 is 64.2 Å². The van der Waals surface area contributed by atoms with Gasteiger partial charge < -0.3 is 16.0 Å². The molecular formula is C29H25Cl2FN8O3. The van der Waals surface area contributed by atoms with Crippen LogP contribution in [0.1, 0.15) is 11.1 Å². The predicted octanol–water partition coefficient (Wildman–Crippen LogP) is 3.77. The summed E-state index contributed by atoms with van der Waals surface area (Å²) < 4.78 is 15.0. The van der Waals surface area contributed by atoms with Crippen molar-refractivity contribution in [2.24, 2.45) is 4.99 Å². The molecule has 0 saturated carbocycles. The van der Waals surface area contributed by atoms with Gasteiger partial charge in [0, 0.05) is 41.6 Å². The zero-order valence-electron chi connectivity index (χ0n) is 22.7. The van der Waals surface area contributed by atoms with E-state index in [1.165, 1.54) is 51.0 Å². The van der Waals surface area contributed by atoms with Crippen LogP contribution in [-0.2, 0) is 20.8 Å². The SMILES string of the molecule is CN=Cc1cc(NC(=O)C(Cc2ccc(F)cc2)N2CC(=O)N(c3cc(Cl)ccc3-n3cc(Cl)nn3)CC2=O)ccc1N. The number of carbonyl (C=O) groups excluding carboxylic acids is 3. The first kappa shape index (κ1) is 29.7. The van der Waals surface area contributed by atoms with Gasteiger partial charge in [-0.15, -0.1) is 5.10 Å². The molecule has 2 heterocycles. The predicted molar refractivity (Wildman–Crippen MR) is 162 cm³/mol. The second-order valence-electron chi connectivity index (χ2n) is 9.69. The van der Waals surface area contributed by atoms with Crippen molar-refractivity contribution in [1.82, 2.24) is 19.9 Å². The van der Waals surface area contributed by atoms with E-state index in [9.17, 15) is 18.8 Å². The normalized spacial score (nSPS) is 14.4. The van der Waals surface area contributed by atoms with Gasteiger partial charge in [0.2, 0.25) is 17.7 Å². The Kier molecular flexibility index (Phi) is 8.69. The highest BCUT2D eigenvalue weighted by Crippen LogP contribution is 2.30. The molecule has 0 radical (unpaired) electrons. The number of aliphatic imine (C=N–C) groups is 1. The Morgan fingerprint density at radius 2 is 1.84 bits per heavy atom. The molecule has 1 saturated heterocycles. The fourth-order valence-corrected chi connectivity index (χ4v) is 5.01. The zero-order chi connectivity index (χ0) is 30.7. The number of aromatic nitrogens is 3. The van der Waals surface area contributed by atoms with E-state index in [4.69, 9.17) is 28.9 Å². The fraction of sp³-hybridized carbons (Fsp3) is 0.172. The van der Waals surface area contributed by atoms with E-state index in [0.29, 0.717) is 38.9 Å². The number of anilines is 3. The topological polar surface area (TPSA) is 139 Å². The first-order valence-electron chi connectivity index (χ1n) is 13.0. The number of nitrogens with two attached hydrogens (primary N) is 1. The Hall–Kier alpha value is -4.81. The Labute approximate surface area is 255 Å². The Bertz CT molecular complexity index is 1730. The summed E-state index contributed by atoms with van der Waals surface area (Å²) in [5.74, 6) is -1.92. The number of nitrogens with one attached hydrogen (secondary N) is 1. The molecule has 14 heteroatoms. The van der Waals surface area contributed by atoms with E-state index >= 15 is 0 Å². The van der Waals surface area contributed by atoms with Crippen LogP contribution in [0, 0.1) is 5.82 Å². The molecular weight excluding hydrogens is 598 g/mol. The van der Waals surface area contributed by atoms with Crippen LogP contribution in [0.25, 0.3) is 5.69 Å². The molecule has 43 heavy (non-hydrogen) atoms. The van der Waals surface area contributed by atoms with Crippen molar-refractivity contribution < 1.29 is 18.8 Å². The summed E-state index contributed by atoms with van der Waals surface area (Å²) in [6.45, 7) is -0.779. The van der Waals surface area contributed by atoms with E-state index in [0.717, 1.165) is 0 Å². The van der Waals surface area contributed by atoms with Crippen molar-refractivity contribution in [1.29, 1.82) is 0 Å². The minimum atomic E-state index is -1.10. The molecule has 4 aromatic rings. The molecule has 220 valence electrons. The summed E-state index contributed by atoms with van der Waals surface area (Å²) in [4.78, 5) is 47.4. The van der Waals surface area contributed by atoms with Gasteiger partial charge in [-0.25, -0.2) is 9.07 Å². The standard InChI is InChI=1S/C29H25Cl2FN8O3/c1-34-13-18-11-21(7-8-22(18)33)35-29(43)25(10-17-2-5-20(32)6-3-17)39-16-27(41)38(15-28(39)42)24-12-19(30)4-9-23(24)40-14-26(31)36-37-40/h2-9,11-14,25H,10,15-16,33H2,1H3,(H,35,43). The minimum Gasteiger partial charge on any atom is -0.398 e. The molecule has 1 unspecified atom stereocenters. The molecule has 0 bridgehead atoms. The molecule has 1 aromatic heterocycles. The number of carbonyl (C=O) groups is 3. The van der Waals surface area contributed by atoms with Crippen molar-refractivity contribution in [2.45, 2.75) is 12.5 Å². The summed E-state index contributed by atoms with van der Waals surface area (Å²) in [5.41, 5.74) is 8.83. The Morgan fingerprint density at radius 1 is 1.07 bits per heavy atom. The van der Waals surface area contributed by atoms with E-state index in [1.54, 1.807) is 43.6 Å². The number of amides is 3. The van der Waals surface area contributed by atoms with Gasteiger partial charge in [0.05, 0.1) is 17.6 Å². The zero-order valence-corrected chi connectivity index (χ0v) is 24.3. The van der Waals surface area contributed by atoms with Crippen LogP contribution in [-0.4, -0.2) is 70.0 Å². The highest BCUT2D eigenvalue weighted by atomic mass is 35.5. The van der Waals surface area contributed by atoms with Crippen LogP contribution >= 0.6 is 23.2 Å². The smallest absolute Gasteiger partial charge is 0.247 e. The van der Waals surface area contributed by atoms with Gasteiger partial charge >= 0.3 is 0 Å². The fourth-order valence-electron chi connectivity index (χ4n) is 4.72. The lowest BCUT2D eigenvalue weighted by atomic mass is 10.0. The molecule has 0 aliphatic carbocycles. The largest absolute Gasteiger partial charge is 0.398 e. The van der Waals surface area contributed by atoms with Crippen LogP contribution in [0.4, 0.5) is 21.5 Å². The van der Waals surface area contributed by atoms with Crippen LogP contribution < -0.4 is 16.0 Å². The summed E-state index contributed by atoms with van der Waals surface area (Å²) in [5, 5.41) is 11.0. The molecule has 1 atom stereocenters. The van der Waals surface area contributed by atoms with Crippen molar-refractivity contribution in [2.75, 3.05) is 36.1 Å². The number of nitrogen functional groups attached to an aromatic ring is 1. The molecule has 0 spiro atoms. The van der Waals surface area contributed by atoms with Gasteiger partial charge in [0.15, 0.2) is 5.15 Å². The number of hydrogen-bond acceptors (Lipinski definition) is 7. The highest BCUT2D eigenvalue weighted by Gasteiger charge is 2.39. The third kappa shape index (κ3) is 6.65. The van der Waals surface area contributed by atoms with E-state index < -0.39 is 36.1 Å². The lowest BCUT2D eigenvalue weighted by Crippen LogP contribution is -2.60. The average molecular weight is 623 g/mol. The van der Waals surface area contributed by atoms with Gasteiger partial charge in [-0.2, -0.15) is 0 Å². The maximum absolute atomic E-state index is 13.7. The number of nitrogens with zero attached hydrogens (tertiary/aromatic N) is 6. The number of halogens is 3. The average Bonchev–Trinajstić information content (AvgIpc) is 3.41. The number of piperazine rings is 1. The second-order valence-corrected chi connectivity index (χ2v) is 10.5. The number of benzene rings is 3. The van der Waals surface area contributed by atoms with Gasteiger partial charge in [-0.05, 0) is 54.1 Å². The summed E-state index contributed by atoms with van der Waals surface area (Å²) in [6.07, 6.45) is 3.04. The van der Waals surface area contributed by atoms with Crippen LogP contribution in [0.3, 0.4) is 0 Å². The molecule has 1 aliphatic rings. The minimum absolute atomic E-state index is 0.0310.